The molecule has 0 amide bonds. The van der Waals surface area contributed by atoms with E-state index in [2.05, 4.69) is 0 Å². The standard InChI is InChI=1S/C9H16O6/c1-9(2)8(14)7(15-9)6(13)5(12)4(11)3-10/h4-7,10-13H,3H2,1-2H3/t4-,5-,6+,7-/m1/s1. The average molecular weight is 220 g/mol. The molecule has 1 heterocycles. The Hall–Kier alpha value is -0.530. The summed E-state index contributed by atoms with van der Waals surface area (Å²) in [6, 6.07) is 0. The first-order chi connectivity index (χ1) is 6.81. The van der Waals surface area contributed by atoms with Crippen molar-refractivity contribution in [3.05, 3.63) is 0 Å². The molecule has 0 unspecified atom stereocenters. The van der Waals surface area contributed by atoms with Gasteiger partial charge < -0.3 is 25.2 Å². The van der Waals surface area contributed by atoms with Crippen molar-refractivity contribution in [3.8, 4) is 0 Å². The topological polar surface area (TPSA) is 107 Å². The van der Waals surface area contributed by atoms with Gasteiger partial charge in [-0.25, -0.2) is 0 Å². The monoisotopic (exact) mass is 220 g/mol. The van der Waals surface area contributed by atoms with Crippen molar-refractivity contribution >= 4 is 5.78 Å². The summed E-state index contributed by atoms with van der Waals surface area (Å²) in [6.07, 6.45) is -5.73. The van der Waals surface area contributed by atoms with Crippen LogP contribution in [-0.4, -0.2) is 62.8 Å². The Morgan fingerprint density at radius 2 is 1.93 bits per heavy atom. The molecule has 4 N–H and O–H groups in total. The fourth-order valence-electron chi connectivity index (χ4n) is 1.45. The smallest absolute Gasteiger partial charge is 0.195 e. The predicted octanol–water partition coefficient (Wildman–Crippen LogP) is -2.19. The molecule has 0 spiro atoms. The predicted molar refractivity (Wildman–Crippen MR) is 49.1 cm³/mol. The molecule has 15 heavy (non-hydrogen) atoms. The largest absolute Gasteiger partial charge is 0.394 e. The summed E-state index contributed by atoms with van der Waals surface area (Å²) >= 11 is 0. The van der Waals surface area contributed by atoms with E-state index in [-0.39, 0.29) is 5.78 Å². The minimum Gasteiger partial charge on any atom is -0.394 e. The fourth-order valence-corrected chi connectivity index (χ4v) is 1.45. The molecule has 88 valence electrons. The maximum absolute atomic E-state index is 11.4. The Labute approximate surface area is 87.1 Å². The number of Topliss-reactive ketones (excluding diaryl/α,β-unsaturated/α-hetero) is 1. The lowest BCUT2D eigenvalue weighted by Gasteiger charge is -2.44. The molecule has 0 bridgehead atoms. The van der Waals surface area contributed by atoms with E-state index in [4.69, 9.17) is 14.9 Å². The van der Waals surface area contributed by atoms with E-state index in [1.807, 2.05) is 0 Å². The van der Waals surface area contributed by atoms with Gasteiger partial charge in [0, 0.05) is 0 Å². The van der Waals surface area contributed by atoms with Crippen molar-refractivity contribution in [2.75, 3.05) is 6.61 Å². The van der Waals surface area contributed by atoms with E-state index in [0.717, 1.165) is 0 Å². The number of carbonyl (C=O) groups excluding carboxylic acids is 1. The number of carbonyl (C=O) groups is 1. The van der Waals surface area contributed by atoms with Crippen molar-refractivity contribution < 1.29 is 30.0 Å². The van der Waals surface area contributed by atoms with Crippen molar-refractivity contribution in [1.82, 2.24) is 0 Å². The summed E-state index contributed by atoms with van der Waals surface area (Å²) in [4.78, 5) is 11.4. The molecule has 1 rings (SSSR count). The molecule has 0 aromatic rings. The van der Waals surface area contributed by atoms with Crippen molar-refractivity contribution in [2.24, 2.45) is 0 Å². The van der Waals surface area contributed by atoms with Gasteiger partial charge >= 0.3 is 0 Å². The number of ether oxygens (including phenoxy) is 1. The molecule has 4 atom stereocenters. The summed E-state index contributed by atoms with van der Waals surface area (Å²) < 4.78 is 5.06. The van der Waals surface area contributed by atoms with Crippen LogP contribution in [0, 0.1) is 0 Å². The first-order valence-electron chi connectivity index (χ1n) is 4.68. The minimum absolute atomic E-state index is 0.334. The molecule has 0 aromatic carbocycles. The molecule has 1 saturated heterocycles. The van der Waals surface area contributed by atoms with Crippen LogP contribution in [0.5, 0.6) is 0 Å². The van der Waals surface area contributed by atoms with Crippen LogP contribution in [0.2, 0.25) is 0 Å². The number of aliphatic hydroxyl groups excluding tert-OH is 4. The van der Waals surface area contributed by atoms with Gasteiger partial charge in [-0.1, -0.05) is 0 Å². The highest BCUT2D eigenvalue weighted by atomic mass is 16.6. The normalized spacial score (nSPS) is 30.5. The molecular weight excluding hydrogens is 204 g/mol. The molecule has 1 aliphatic heterocycles. The molecular formula is C9H16O6. The number of aliphatic hydroxyl groups is 4. The zero-order valence-electron chi connectivity index (χ0n) is 8.62. The molecule has 1 fully saturated rings. The van der Waals surface area contributed by atoms with E-state index in [1.54, 1.807) is 13.8 Å². The summed E-state index contributed by atoms with van der Waals surface area (Å²) in [5.41, 5.74) is -0.949. The van der Waals surface area contributed by atoms with Gasteiger partial charge in [0.25, 0.3) is 0 Å². The quantitative estimate of drug-likeness (QED) is 0.428. The summed E-state index contributed by atoms with van der Waals surface area (Å²) in [5.74, 6) is -0.334. The fraction of sp³-hybridized carbons (Fsp3) is 0.889. The van der Waals surface area contributed by atoms with Crippen LogP contribution in [0.3, 0.4) is 0 Å². The third-order valence-corrected chi connectivity index (χ3v) is 2.51. The Morgan fingerprint density at radius 1 is 1.40 bits per heavy atom. The van der Waals surface area contributed by atoms with Gasteiger partial charge in [-0.3, -0.25) is 4.79 Å². The van der Waals surface area contributed by atoms with Gasteiger partial charge in [-0.15, -0.1) is 0 Å². The average Bonchev–Trinajstić information content (AvgIpc) is 2.22. The number of rotatable bonds is 4. The lowest BCUT2D eigenvalue weighted by molar-refractivity contribution is -0.224. The number of ketones is 1. The minimum atomic E-state index is -1.60. The highest BCUT2D eigenvalue weighted by Gasteiger charge is 2.53. The van der Waals surface area contributed by atoms with Crippen LogP contribution < -0.4 is 0 Å². The van der Waals surface area contributed by atoms with E-state index in [9.17, 15) is 15.0 Å². The second kappa shape index (κ2) is 4.15. The molecule has 0 aromatic heterocycles. The van der Waals surface area contributed by atoms with Gasteiger partial charge in [0.15, 0.2) is 5.78 Å². The second-order valence-corrected chi connectivity index (χ2v) is 4.14. The Bertz CT molecular complexity index is 251. The Balaban J connectivity index is 2.57. The maximum Gasteiger partial charge on any atom is 0.195 e. The van der Waals surface area contributed by atoms with Gasteiger partial charge in [0.2, 0.25) is 0 Å². The summed E-state index contributed by atoms with van der Waals surface area (Å²) in [7, 11) is 0. The highest BCUT2D eigenvalue weighted by molar-refractivity contribution is 5.95. The van der Waals surface area contributed by atoms with Crippen molar-refractivity contribution in [3.63, 3.8) is 0 Å². The maximum atomic E-state index is 11.4. The summed E-state index contributed by atoms with van der Waals surface area (Å²) in [5, 5.41) is 36.4. The Kier molecular flexibility index (Phi) is 3.47. The van der Waals surface area contributed by atoms with Gasteiger partial charge in [0.05, 0.1) is 6.61 Å². The molecule has 0 aliphatic carbocycles. The third-order valence-electron chi connectivity index (χ3n) is 2.51. The number of hydrogen-bond donors (Lipinski definition) is 4. The van der Waals surface area contributed by atoms with E-state index in [0.29, 0.717) is 0 Å². The van der Waals surface area contributed by atoms with Gasteiger partial charge in [0.1, 0.15) is 30.0 Å². The highest BCUT2D eigenvalue weighted by Crippen LogP contribution is 2.31. The molecule has 6 nitrogen and oxygen atoms in total. The van der Waals surface area contributed by atoms with Crippen LogP contribution in [0.25, 0.3) is 0 Å². The van der Waals surface area contributed by atoms with Crippen LogP contribution in [0.4, 0.5) is 0 Å². The SMILES string of the molecule is CC1(C)O[C@H]([C@@H](O)[C@H](O)[C@H](O)CO)C1=O. The Morgan fingerprint density at radius 3 is 2.27 bits per heavy atom. The van der Waals surface area contributed by atoms with Crippen molar-refractivity contribution in [2.45, 2.75) is 43.9 Å². The molecule has 0 saturated carbocycles. The molecule has 0 radical (unpaired) electrons. The van der Waals surface area contributed by atoms with Crippen LogP contribution >= 0.6 is 0 Å². The van der Waals surface area contributed by atoms with Crippen LogP contribution in [0.15, 0.2) is 0 Å². The first-order valence-corrected chi connectivity index (χ1v) is 4.68. The lowest BCUT2D eigenvalue weighted by Crippen LogP contribution is -2.65. The van der Waals surface area contributed by atoms with Crippen LogP contribution in [0.1, 0.15) is 13.8 Å². The van der Waals surface area contributed by atoms with Crippen LogP contribution in [-0.2, 0) is 9.53 Å². The lowest BCUT2D eigenvalue weighted by atomic mass is 9.85. The molecule has 6 heteroatoms. The van der Waals surface area contributed by atoms with Gasteiger partial charge in [-0.2, -0.15) is 0 Å². The van der Waals surface area contributed by atoms with E-state index < -0.39 is 36.6 Å². The zero-order chi connectivity index (χ0) is 11.8. The van der Waals surface area contributed by atoms with Crippen molar-refractivity contribution in [1.29, 1.82) is 0 Å². The third kappa shape index (κ3) is 2.19. The van der Waals surface area contributed by atoms with E-state index in [1.165, 1.54) is 0 Å². The molecule has 1 aliphatic rings. The van der Waals surface area contributed by atoms with Gasteiger partial charge in [-0.05, 0) is 13.8 Å². The zero-order valence-corrected chi connectivity index (χ0v) is 8.62. The number of hydrogen-bond acceptors (Lipinski definition) is 6. The summed E-state index contributed by atoms with van der Waals surface area (Å²) in [6.45, 7) is 2.41. The first kappa shape index (κ1) is 12.5. The van der Waals surface area contributed by atoms with E-state index >= 15 is 0 Å². The second-order valence-electron chi connectivity index (χ2n) is 4.14.